The Hall–Kier alpha value is -1.00. The highest BCUT2D eigenvalue weighted by Crippen LogP contribution is 2.12. The number of rotatable bonds is 8. The minimum atomic E-state index is -3.65. The lowest BCUT2D eigenvalue weighted by Gasteiger charge is -2.34. The van der Waals surface area contributed by atoms with Crippen LogP contribution < -0.4 is 5.14 Å². The molecule has 2 rings (SSSR count). The Balaban J connectivity index is 1.81. The first-order valence-electron chi connectivity index (χ1n) is 8.54. The van der Waals surface area contributed by atoms with Crippen LogP contribution in [0.2, 0.25) is 0 Å². The SMILES string of the molecule is CCCCS(=O)(=O)N1CCN(CCc2ccc(S(N)(=O)=O)cc2)CC1. The average Bonchev–Trinajstić information content (AvgIpc) is 2.58. The lowest BCUT2D eigenvalue weighted by molar-refractivity contribution is 0.190. The molecule has 9 heteroatoms. The zero-order valence-corrected chi connectivity index (χ0v) is 16.2. The van der Waals surface area contributed by atoms with Crippen molar-refractivity contribution in [1.82, 2.24) is 9.21 Å². The number of nitrogens with two attached hydrogens (primary N) is 1. The van der Waals surface area contributed by atoms with E-state index < -0.39 is 20.0 Å². The Kier molecular flexibility index (Phi) is 6.98. The molecule has 1 aliphatic rings. The molecule has 0 spiro atoms. The smallest absolute Gasteiger partial charge is 0.238 e. The summed E-state index contributed by atoms with van der Waals surface area (Å²) in [5.74, 6) is 0.236. The van der Waals surface area contributed by atoms with Crippen molar-refractivity contribution in [1.29, 1.82) is 0 Å². The Morgan fingerprint density at radius 3 is 2.12 bits per heavy atom. The van der Waals surface area contributed by atoms with Crippen LogP contribution in [0.25, 0.3) is 0 Å². The van der Waals surface area contributed by atoms with Gasteiger partial charge < -0.3 is 4.90 Å². The summed E-state index contributed by atoms with van der Waals surface area (Å²) in [6.45, 7) is 5.33. The Morgan fingerprint density at radius 1 is 1.00 bits per heavy atom. The molecule has 0 aliphatic carbocycles. The molecule has 1 saturated heterocycles. The molecule has 142 valence electrons. The lowest BCUT2D eigenvalue weighted by Crippen LogP contribution is -2.49. The summed E-state index contributed by atoms with van der Waals surface area (Å²) in [5.41, 5.74) is 1.03. The van der Waals surface area contributed by atoms with Crippen LogP contribution in [-0.2, 0) is 26.5 Å². The van der Waals surface area contributed by atoms with Crippen molar-refractivity contribution in [3.05, 3.63) is 29.8 Å². The molecule has 1 aromatic rings. The zero-order valence-electron chi connectivity index (χ0n) is 14.6. The molecule has 0 amide bonds. The second-order valence-electron chi connectivity index (χ2n) is 6.35. The molecule has 0 saturated carbocycles. The molecule has 2 N–H and O–H groups in total. The van der Waals surface area contributed by atoms with E-state index in [9.17, 15) is 16.8 Å². The van der Waals surface area contributed by atoms with Gasteiger partial charge in [-0.2, -0.15) is 4.31 Å². The fraction of sp³-hybridized carbons (Fsp3) is 0.625. The van der Waals surface area contributed by atoms with Crippen LogP contribution in [0.3, 0.4) is 0 Å². The van der Waals surface area contributed by atoms with Gasteiger partial charge >= 0.3 is 0 Å². The van der Waals surface area contributed by atoms with Crippen LogP contribution in [0.1, 0.15) is 25.3 Å². The molecule has 1 fully saturated rings. The monoisotopic (exact) mass is 389 g/mol. The van der Waals surface area contributed by atoms with Gasteiger partial charge in [-0.3, -0.25) is 0 Å². The quantitative estimate of drug-likeness (QED) is 0.702. The lowest BCUT2D eigenvalue weighted by atomic mass is 10.1. The molecule has 0 bridgehead atoms. The summed E-state index contributed by atoms with van der Waals surface area (Å²) in [5, 5.41) is 5.09. The molecule has 7 nitrogen and oxygen atoms in total. The number of hydrogen-bond acceptors (Lipinski definition) is 5. The standard InChI is InChI=1S/C16H27N3O4S2/c1-2-3-14-24(20,21)19-12-10-18(11-13-19)9-8-15-4-6-16(7-5-15)25(17,22)23/h4-7H,2-3,8-14H2,1H3,(H2,17,22,23). The van der Waals surface area contributed by atoms with Gasteiger partial charge in [-0.05, 0) is 30.5 Å². The van der Waals surface area contributed by atoms with E-state index in [4.69, 9.17) is 5.14 Å². The maximum atomic E-state index is 12.2. The fourth-order valence-electron chi connectivity index (χ4n) is 2.82. The van der Waals surface area contributed by atoms with Gasteiger partial charge in [0.05, 0.1) is 10.6 Å². The van der Waals surface area contributed by atoms with Crippen molar-refractivity contribution in [3.8, 4) is 0 Å². The minimum Gasteiger partial charge on any atom is -0.300 e. The van der Waals surface area contributed by atoms with Crippen LogP contribution in [0.5, 0.6) is 0 Å². The maximum absolute atomic E-state index is 12.2. The van der Waals surface area contributed by atoms with Crippen molar-refractivity contribution < 1.29 is 16.8 Å². The third-order valence-corrected chi connectivity index (χ3v) is 7.33. The highest BCUT2D eigenvalue weighted by atomic mass is 32.2. The average molecular weight is 390 g/mol. The van der Waals surface area contributed by atoms with Crippen molar-refractivity contribution in [2.24, 2.45) is 5.14 Å². The van der Waals surface area contributed by atoms with Gasteiger partial charge in [0.25, 0.3) is 0 Å². The topological polar surface area (TPSA) is 101 Å². The van der Waals surface area contributed by atoms with Gasteiger partial charge in [-0.1, -0.05) is 25.5 Å². The number of benzene rings is 1. The third kappa shape index (κ3) is 6.03. The van der Waals surface area contributed by atoms with E-state index >= 15 is 0 Å². The minimum absolute atomic E-state index is 0.113. The summed E-state index contributed by atoms with van der Waals surface area (Å²) in [6, 6.07) is 6.57. The van der Waals surface area contributed by atoms with Gasteiger partial charge in [0.1, 0.15) is 0 Å². The number of nitrogens with zero attached hydrogens (tertiary/aromatic N) is 2. The number of primary sulfonamides is 1. The predicted molar refractivity (Wildman–Crippen MR) is 98.2 cm³/mol. The third-order valence-electron chi connectivity index (χ3n) is 4.45. The molecule has 1 aromatic carbocycles. The summed E-state index contributed by atoms with van der Waals surface area (Å²) in [6.07, 6.45) is 2.37. The Morgan fingerprint density at radius 2 is 1.60 bits per heavy atom. The molecular formula is C16H27N3O4S2. The van der Waals surface area contributed by atoms with Crippen molar-refractivity contribution in [3.63, 3.8) is 0 Å². The first kappa shape index (κ1) is 20.3. The molecule has 1 aliphatic heterocycles. The zero-order chi connectivity index (χ0) is 18.5. The summed E-state index contributed by atoms with van der Waals surface area (Å²) in [7, 11) is -6.77. The Bertz CT molecular complexity index is 753. The summed E-state index contributed by atoms with van der Waals surface area (Å²) in [4.78, 5) is 2.35. The van der Waals surface area contributed by atoms with Crippen LogP contribution >= 0.6 is 0 Å². The normalized spacial score (nSPS) is 17.7. The van der Waals surface area contributed by atoms with E-state index in [2.05, 4.69) is 4.90 Å². The van der Waals surface area contributed by atoms with E-state index in [0.29, 0.717) is 19.5 Å². The van der Waals surface area contributed by atoms with Crippen LogP contribution in [0, 0.1) is 0 Å². The first-order chi connectivity index (χ1) is 11.7. The fourth-order valence-corrected chi connectivity index (χ4v) is 4.97. The molecule has 0 aromatic heterocycles. The second kappa shape index (κ2) is 8.59. The molecule has 0 atom stereocenters. The van der Waals surface area contributed by atoms with Crippen LogP contribution in [0.4, 0.5) is 0 Å². The number of piperazine rings is 1. The van der Waals surface area contributed by atoms with E-state index in [0.717, 1.165) is 38.0 Å². The molecule has 1 heterocycles. The molecule has 0 radical (unpaired) electrons. The number of sulfonamides is 2. The van der Waals surface area contributed by atoms with Gasteiger partial charge in [-0.15, -0.1) is 0 Å². The molecule has 0 unspecified atom stereocenters. The molecular weight excluding hydrogens is 362 g/mol. The summed E-state index contributed by atoms with van der Waals surface area (Å²) >= 11 is 0. The highest BCUT2D eigenvalue weighted by molar-refractivity contribution is 7.89. The van der Waals surface area contributed by atoms with Crippen molar-refractivity contribution >= 4 is 20.0 Å². The first-order valence-corrected chi connectivity index (χ1v) is 11.7. The number of unbranched alkanes of at least 4 members (excludes halogenated alkanes) is 1. The van der Waals surface area contributed by atoms with Crippen LogP contribution in [0.15, 0.2) is 29.2 Å². The van der Waals surface area contributed by atoms with Gasteiger partial charge in [-0.25, -0.2) is 22.0 Å². The van der Waals surface area contributed by atoms with E-state index in [1.165, 1.54) is 12.1 Å². The van der Waals surface area contributed by atoms with Crippen molar-refractivity contribution in [2.75, 3.05) is 38.5 Å². The summed E-state index contributed by atoms with van der Waals surface area (Å²) < 4.78 is 48.5. The number of hydrogen-bond donors (Lipinski definition) is 1. The largest absolute Gasteiger partial charge is 0.300 e. The second-order valence-corrected chi connectivity index (χ2v) is 10.00. The van der Waals surface area contributed by atoms with E-state index in [-0.39, 0.29) is 10.6 Å². The highest BCUT2D eigenvalue weighted by Gasteiger charge is 2.26. The predicted octanol–water partition coefficient (Wildman–Crippen LogP) is 0.624. The van der Waals surface area contributed by atoms with Crippen LogP contribution in [-0.4, -0.2) is 64.5 Å². The van der Waals surface area contributed by atoms with E-state index in [1.54, 1.807) is 16.4 Å². The van der Waals surface area contributed by atoms with Crippen molar-refractivity contribution in [2.45, 2.75) is 31.1 Å². The molecule has 25 heavy (non-hydrogen) atoms. The van der Waals surface area contributed by atoms with E-state index in [1.807, 2.05) is 6.92 Å². The van der Waals surface area contributed by atoms with Gasteiger partial charge in [0.2, 0.25) is 20.0 Å². The van der Waals surface area contributed by atoms with Gasteiger partial charge in [0, 0.05) is 32.7 Å². The maximum Gasteiger partial charge on any atom is 0.238 e. The van der Waals surface area contributed by atoms with Gasteiger partial charge in [0.15, 0.2) is 0 Å². The Labute approximate surface area is 150 Å².